The average Bonchev–Trinajstić information content (AvgIpc) is 2.92. The van der Waals surface area contributed by atoms with E-state index < -0.39 is 0 Å². The van der Waals surface area contributed by atoms with Crippen LogP contribution in [0.25, 0.3) is 0 Å². The summed E-state index contributed by atoms with van der Waals surface area (Å²) >= 11 is 0. The molecule has 0 amide bonds. The standard InChI is InChI=1S/C18H29NO/c1-3-5-15(6-4-2)17(19)9-7-14-8-10-18-16(13-14)11-12-20-18/h8,10,13,15,17H,3-7,9,11-12,19H2,1-2H3. The van der Waals surface area contributed by atoms with Crippen molar-refractivity contribution < 1.29 is 4.74 Å². The molecule has 1 aliphatic rings. The summed E-state index contributed by atoms with van der Waals surface area (Å²) < 4.78 is 5.56. The molecule has 1 unspecified atom stereocenters. The van der Waals surface area contributed by atoms with Crippen molar-refractivity contribution >= 4 is 0 Å². The maximum Gasteiger partial charge on any atom is 0.122 e. The monoisotopic (exact) mass is 275 g/mol. The summed E-state index contributed by atoms with van der Waals surface area (Å²) in [5.41, 5.74) is 9.21. The van der Waals surface area contributed by atoms with Crippen molar-refractivity contribution in [3.8, 4) is 5.75 Å². The number of aryl methyl sites for hydroxylation is 1. The van der Waals surface area contributed by atoms with E-state index in [1.165, 1.54) is 36.8 Å². The SMILES string of the molecule is CCCC(CCC)C(N)CCc1ccc2c(c1)CCO2. The number of hydrogen-bond donors (Lipinski definition) is 1. The lowest BCUT2D eigenvalue weighted by atomic mass is 9.87. The molecule has 0 aromatic heterocycles. The second kappa shape index (κ2) is 7.68. The molecule has 2 N–H and O–H groups in total. The molecule has 0 bridgehead atoms. The molecule has 0 saturated carbocycles. The van der Waals surface area contributed by atoms with Crippen LogP contribution < -0.4 is 10.5 Å². The van der Waals surface area contributed by atoms with Gasteiger partial charge in [0, 0.05) is 12.5 Å². The molecular weight excluding hydrogens is 246 g/mol. The van der Waals surface area contributed by atoms with Crippen LogP contribution in [0.15, 0.2) is 18.2 Å². The van der Waals surface area contributed by atoms with E-state index in [0.29, 0.717) is 12.0 Å². The van der Waals surface area contributed by atoms with Crippen LogP contribution in [0.1, 0.15) is 57.1 Å². The van der Waals surface area contributed by atoms with E-state index in [2.05, 4.69) is 32.0 Å². The third-order valence-corrected chi connectivity index (χ3v) is 4.44. The van der Waals surface area contributed by atoms with E-state index in [0.717, 1.165) is 31.6 Å². The highest BCUT2D eigenvalue weighted by Gasteiger charge is 2.17. The molecule has 2 nitrogen and oxygen atoms in total. The molecule has 1 aliphatic heterocycles. The minimum Gasteiger partial charge on any atom is -0.493 e. The van der Waals surface area contributed by atoms with Crippen molar-refractivity contribution in [1.29, 1.82) is 0 Å². The first kappa shape index (κ1) is 15.4. The Morgan fingerprint density at radius 1 is 1.15 bits per heavy atom. The number of fused-ring (bicyclic) bond motifs is 1. The van der Waals surface area contributed by atoms with Gasteiger partial charge < -0.3 is 10.5 Å². The Morgan fingerprint density at radius 2 is 1.90 bits per heavy atom. The molecule has 1 aromatic carbocycles. The van der Waals surface area contributed by atoms with Crippen LogP contribution in [0, 0.1) is 5.92 Å². The minimum atomic E-state index is 0.347. The molecule has 0 radical (unpaired) electrons. The molecule has 0 fully saturated rings. The lowest BCUT2D eigenvalue weighted by molar-refractivity contribution is 0.347. The van der Waals surface area contributed by atoms with Gasteiger partial charge in [-0.3, -0.25) is 0 Å². The lowest BCUT2D eigenvalue weighted by Crippen LogP contribution is -2.30. The molecule has 0 spiro atoms. The molecule has 1 aromatic rings. The van der Waals surface area contributed by atoms with Gasteiger partial charge in [-0.1, -0.05) is 38.8 Å². The van der Waals surface area contributed by atoms with Gasteiger partial charge in [0.15, 0.2) is 0 Å². The quantitative estimate of drug-likeness (QED) is 0.775. The molecule has 112 valence electrons. The van der Waals surface area contributed by atoms with Gasteiger partial charge in [-0.2, -0.15) is 0 Å². The Bertz CT molecular complexity index is 410. The van der Waals surface area contributed by atoms with Crippen LogP contribution in [0.3, 0.4) is 0 Å². The Balaban J connectivity index is 1.87. The largest absolute Gasteiger partial charge is 0.493 e. The summed E-state index contributed by atoms with van der Waals surface area (Å²) in [6, 6.07) is 6.98. The van der Waals surface area contributed by atoms with Crippen LogP contribution in [0.5, 0.6) is 5.75 Å². The van der Waals surface area contributed by atoms with Crippen LogP contribution in [0.4, 0.5) is 0 Å². The Hall–Kier alpha value is -1.02. The molecule has 0 saturated heterocycles. The summed E-state index contributed by atoms with van der Waals surface area (Å²) in [6.45, 7) is 5.36. The first-order valence-electron chi connectivity index (χ1n) is 8.24. The van der Waals surface area contributed by atoms with Gasteiger partial charge >= 0.3 is 0 Å². The van der Waals surface area contributed by atoms with Gasteiger partial charge in [-0.25, -0.2) is 0 Å². The highest BCUT2D eigenvalue weighted by atomic mass is 16.5. The predicted octanol–water partition coefficient (Wildman–Crippen LogP) is 4.10. The number of hydrogen-bond acceptors (Lipinski definition) is 2. The Morgan fingerprint density at radius 3 is 2.60 bits per heavy atom. The Labute approximate surface area is 123 Å². The summed E-state index contributed by atoms with van der Waals surface area (Å²) in [5, 5.41) is 0. The maximum absolute atomic E-state index is 6.43. The van der Waals surface area contributed by atoms with Crippen LogP contribution >= 0.6 is 0 Å². The molecule has 1 heterocycles. The van der Waals surface area contributed by atoms with Gasteiger partial charge in [0.1, 0.15) is 5.75 Å². The molecule has 20 heavy (non-hydrogen) atoms. The second-order valence-corrected chi connectivity index (χ2v) is 6.08. The van der Waals surface area contributed by atoms with Gasteiger partial charge in [-0.05, 0) is 48.8 Å². The van der Waals surface area contributed by atoms with Crippen molar-refractivity contribution in [1.82, 2.24) is 0 Å². The van der Waals surface area contributed by atoms with Gasteiger partial charge in [0.25, 0.3) is 0 Å². The number of nitrogens with two attached hydrogens (primary N) is 1. The smallest absolute Gasteiger partial charge is 0.122 e. The van der Waals surface area contributed by atoms with Gasteiger partial charge in [0.2, 0.25) is 0 Å². The normalized spacial score (nSPS) is 15.2. The number of rotatable bonds is 8. The minimum absolute atomic E-state index is 0.347. The van der Waals surface area contributed by atoms with E-state index in [1.807, 2.05) is 0 Å². The predicted molar refractivity (Wildman–Crippen MR) is 85.2 cm³/mol. The lowest BCUT2D eigenvalue weighted by Gasteiger charge is -2.23. The van der Waals surface area contributed by atoms with E-state index in [9.17, 15) is 0 Å². The van der Waals surface area contributed by atoms with E-state index >= 15 is 0 Å². The van der Waals surface area contributed by atoms with Crippen molar-refractivity contribution in [3.05, 3.63) is 29.3 Å². The molecule has 1 atom stereocenters. The van der Waals surface area contributed by atoms with Crippen molar-refractivity contribution in [2.75, 3.05) is 6.61 Å². The summed E-state index contributed by atoms with van der Waals surface area (Å²) in [5.74, 6) is 1.77. The van der Waals surface area contributed by atoms with Crippen molar-refractivity contribution in [2.24, 2.45) is 11.7 Å². The summed E-state index contributed by atoms with van der Waals surface area (Å²) in [7, 11) is 0. The van der Waals surface area contributed by atoms with Gasteiger partial charge in [-0.15, -0.1) is 0 Å². The van der Waals surface area contributed by atoms with E-state index in [1.54, 1.807) is 0 Å². The fourth-order valence-corrected chi connectivity index (χ4v) is 3.28. The fourth-order valence-electron chi connectivity index (χ4n) is 3.28. The zero-order chi connectivity index (χ0) is 14.4. The second-order valence-electron chi connectivity index (χ2n) is 6.08. The van der Waals surface area contributed by atoms with Crippen LogP contribution in [0.2, 0.25) is 0 Å². The Kier molecular flexibility index (Phi) is 5.90. The molecule has 0 aliphatic carbocycles. The zero-order valence-corrected chi connectivity index (χ0v) is 13.0. The first-order valence-corrected chi connectivity index (χ1v) is 8.24. The topological polar surface area (TPSA) is 35.2 Å². The van der Waals surface area contributed by atoms with Crippen LogP contribution in [-0.2, 0) is 12.8 Å². The average molecular weight is 275 g/mol. The summed E-state index contributed by atoms with van der Waals surface area (Å²) in [6.07, 6.45) is 8.29. The number of benzene rings is 1. The molecule has 2 rings (SSSR count). The highest BCUT2D eigenvalue weighted by Crippen LogP contribution is 2.27. The maximum atomic E-state index is 6.43. The van der Waals surface area contributed by atoms with E-state index in [4.69, 9.17) is 10.5 Å². The number of ether oxygens (including phenoxy) is 1. The fraction of sp³-hybridized carbons (Fsp3) is 0.667. The first-order chi connectivity index (χ1) is 9.74. The molecule has 2 heteroatoms. The summed E-state index contributed by atoms with van der Waals surface area (Å²) in [4.78, 5) is 0. The van der Waals surface area contributed by atoms with Crippen molar-refractivity contribution in [3.63, 3.8) is 0 Å². The third kappa shape index (κ3) is 3.99. The highest BCUT2D eigenvalue weighted by molar-refractivity contribution is 5.39. The third-order valence-electron chi connectivity index (χ3n) is 4.44. The zero-order valence-electron chi connectivity index (χ0n) is 13.0. The van der Waals surface area contributed by atoms with Gasteiger partial charge in [0.05, 0.1) is 6.61 Å². The molecular formula is C18H29NO. The van der Waals surface area contributed by atoms with E-state index in [-0.39, 0.29) is 0 Å². The van der Waals surface area contributed by atoms with Crippen molar-refractivity contribution in [2.45, 2.75) is 64.8 Å². The van der Waals surface area contributed by atoms with Crippen LogP contribution in [-0.4, -0.2) is 12.6 Å².